The first-order chi connectivity index (χ1) is 8.76. The molecule has 0 amide bonds. The fourth-order valence-electron chi connectivity index (χ4n) is 2.60. The molecule has 0 aliphatic heterocycles. The van der Waals surface area contributed by atoms with Gasteiger partial charge in [-0.1, -0.05) is 12.8 Å². The summed E-state index contributed by atoms with van der Waals surface area (Å²) in [6.07, 6.45) is 4.88. The molecule has 0 radical (unpaired) electrons. The summed E-state index contributed by atoms with van der Waals surface area (Å²) in [6.45, 7) is 0. The van der Waals surface area contributed by atoms with E-state index in [-0.39, 0.29) is 5.92 Å². The van der Waals surface area contributed by atoms with E-state index in [4.69, 9.17) is 9.47 Å². The molecular formula is C15H20O3. The molecule has 3 heteroatoms. The number of hydrogen-bond donors (Lipinski definition) is 0. The fraction of sp³-hybridized carbons (Fsp3) is 0.533. The normalized spacial score (nSPS) is 20.3. The van der Waals surface area contributed by atoms with Gasteiger partial charge in [-0.3, -0.25) is 4.79 Å². The van der Waals surface area contributed by atoms with Crippen LogP contribution in [0.1, 0.15) is 43.6 Å². The minimum atomic E-state index is -0.0300. The SMILES string of the molecule is COc1ccc(OC)c(C2CCCCCC2=O)c1. The molecule has 1 aromatic carbocycles. The molecule has 2 rings (SSSR count). The second-order valence-electron chi connectivity index (χ2n) is 4.73. The van der Waals surface area contributed by atoms with Crippen molar-refractivity contribution >= 4 is 5.78 Å². The van der Waals surface area contributed by atoms with E-state index in [1.165, 1.54) is 0 Å². The summed E-state index contributed by atoms with van der Waals surface area (Å²) in [6, 6.07) is 5.68. The maximum Gasteiger partial charge on any atom is 0.140 e. The molecule has 1 saturated carbocycles. The van der Waals surface area contributed by atoms with Gasteiger partial charge in [-0.2, -0.15) is 0 Å². The third-order valence-electron chi connectivity index (χ3n) is 3.62. The zero-order chi connectivity index (χ0) is 13.0. The molecule has 1 atom stereocenters. The van der Waals surface area contributed by atoms with Crippen molar-refractivity contribution in [2.45, 2.75) is 38.0 Å². The smallest absolute Gasteiger partial charge is 0.140 e. The van der Waals surface area contributed by atoms with Gasteiger partial charge in [-0.05, 0) is 31.0 Å². The van der Waals surface area contributed by atoms with Crippen molar-refractivity contribution in [1.29, 1.82) is 0 Å². The van der Waals surface area contributed by atoms with E-state index in [2.05, 4.69) is 0 Å². The Bertz CT molecular complexity index is 426. The molecule has 0 bridgehead atoms. The largest absolute Gasteiger partial charge is 0.497 e. The van der Waals surface area contributed by atoms with Crippen molar-refractivity contribution in [3.8, 4) is 11.5 Å². The van der Waals surface area contributed by atoms with Gasteiger partial charge < -0.3 is 9.47 Å². The van der Waals surface area contributed by atoms with Crippen LogP contribution in [0.3, 0.4) is 0 Å². The monoisotopic (exact) mass is 248 g/mol. The number of rotatable bonds is 3. The summed E-state index contributed by atoms with van der Waals surface area (Å²) in [5.74, 6) is 1.87. The van der Waals surface area contributed by atoms with E-state index in [1.807, 2.05) is 18.2 Å². The molecule has 1 fully saturated rings. The Morgan fingerprint density at radius 1 is 1.11 bits per heavy atom. The van der Waals surface area contributed by atoms with Crippen LogP contribution in [0, 0.1) is 0 Å². The van der Waals surface area contributed by atoms with Crippen molar-refractivity contribution in [1.82, 2.24) is 0 Å². The van der Waals surface area contributed by atoms with Crippen molar-refractivity contribution < 1.29 is 14.3 Å². The number of carbonyl (C=O) groups excluding carboxylic acids is 1. The van der Waals surface area contributed by atoms with Gasteiger partial charge in [0.25, 0.3) is 0 Å². The Kier molecular flexibility index (Phi) is 4.24. The van der Waals surface area contributed by atoms with Gasteiger partial charge in [0.15, 0.2) is 0 Å². The van der Waals surface area contributed by atoms with Crippen LogP contribution in [0.5, 0.6) is 11.5 Å². The van der Waals surface area contributed by atoms with Crippen LogP contribution < -0.4 is 9.47 Å². The number of Topliss-reactive ketones (excluding diaryl/α,β-unsaturated/α-hetero) is 1. The Morgan fingerprint density at radius 3 is 2.67 bits per heavy atom. The third-order valence-corrected chi connectivity index (χ3v) is 3.62. The van der Waals surface area contributed by atoms with E-state index in [1.54, 1.807) is 14.2 Å². The zero-order valence-corrected chi connectivity index (χ0v) is 11.1. The van der Waals surface area contributed by atoms with Crippen LogP contribution in [0.25, 0.3) is 0 Å². The number of ketones is 1. The molecule has 1 aromatic rings. The molecule has 18 heavy (non-hydrogen) atoms. The number of benzene rings is 1. The lowest BCUT2D eigenvalue weighted by Crippen LogP contribution is -2.11. The molecule has 0 saturated heterocycles. The van der Waals surface area contributed by atoms with Gasteiger partial charge in [-0.25, -0.2) is 0 Å². The molecule has 98 valence electrons. The topological polar surface area (TPSA) is 35.5 Å². The van der Waals surface area contributed by atoms with Gasteiger partial charge in [0, 0.05) is 17.9 Å². The standard InChI is InChI=1S/C15H20O3/c1-17-11-8-9-15(18-2)13(10-11)12-6-4-3-5-7-14(12)16/h8-10,12H,3-7H2,1-2H3. The molecule has 1 aliphatic carbocycles. The molecule has 1 unspecified atom stereocenters. The number of methoxy groups -OCH3 is 2. The lowest BCUT2D eigenvalue weighted by Gasteiger charge is -2.17. The van der Waals surface area contributed by atoms with E-state index in [9.17, 15) is 4.79 Å². The second-order valence-corrected chi connectivity index (χ2v) is 4.73. The van der Waals surface area contributed by atoms with Gasteiger partial charge in [0.05, 0.1) is 14.2 Å². The number of hydrogen-bond acceptors (Lipinski definition) is 3. The minimum absolute atomic E-state index is 0.0300. The van der Waals surface area contributed by atoms with Crippen LogP contribution in [0.4, 0.5) is 0 Å². The predicted molar refractivity (Wildman–Crippen MR) is 70.4 cm³/mol. The molecule has 1 aliphatic rings. The molecule has 0 N–H and O–H groups in total. The highest BCUT2D eigenvalue weighted by Crippen LogP contribution is 2.36. The average molecular weight is 248 g/mol. The van der Waals surface area contributed by atoms with Gasteiger partial charge in [0.2, 0.25) is 0 Å². The highest BCUT2D eigenvalue weighted by molar-refractivity contribution is 5.86. The van der Waals surface area contributed by atoms with Crippen LogP contribution in [0.2, 0.25) is 0 Å². The Morgan fingerprint density at radius 2 is 1.94 bits per heavy atom. The zero-order valence-electron chi connectivity index (χ0n) is 11.1. The van der Waals surface area contributed by atoms with Crippen LogP contribution in [-0.2, 0) is 4.79 Å². The van der Waals surface area contributed by atoms with Crippen LogP contribution in [0.15, 0.2) is 18.2 Å². The van der Waals surface area contributed by atoms with Crippen molar-refractivity contribution in [2.24, 2.45) is 0 Å². The van der Waals surface area contributed by atoms with Gasteiger partial charge >= 0.3 is 0 Å². The van der Waals surface area contributed by atoms with E-state index < -0.39 is 0 Å². The molecule has 0 heterocycles. The van der Waals surface area contributed by atoms with E-state index in [0.717, 1.165) is 42.7 Å². The number of carbonyl (C=O) groups is 1. The summed E-state index contributed by atoms with van der Waals surface area (Å²) in [5.41, 5.74) is 0.976. The molecule has 3 nitrogen and oxygen atoms in total. The summed E-state index contributed by atoms with van der Waals surface area (Å²) in [7, 11) is 3.28. The Hall–Kier alpha value is -1.51. The summed E-state index contributed by atoms with van der Waals surface area (Å²) in [5, 5.41) is 0. The van der Waals surface area contributed by atoms with Crippen molar-refractivity contribution in [3.05, 3.63) is 23.8 Å². The van der Waals surface area contributed by atoms with E-state index in [0.29, 0.717) is 12.2 Å². The van der Waals surface area contributed by atoms with E-state index >= 15 is 0 Å². The second kappa shape index (κ2) is 5.89. The lowest BCUT2D eigenvalue weighted by atomic mass is 9.90. The predicted octanol–water partition coefficient (Wildman–Crippen LogP) is 3.32. The lowest BCUT2D eigenvalue weighted by molar-refractivity contribution is -0.120. The first-order valence-electron chi connectivity index (χ1n) is 6.51. The molecule has 0 aromatic heterocycles. The Balaban J connectivity index is 2.36. The quantitative estimate of drug-likeness (QED) is 0.770. The average Bonchev–Trinajstić information content (AvgIpc) is 2.62. The molecule has 0 spiro atoms. The van der Waals surface area contributed by atoms with Crippen LogP contribution >= 0.6 is 0 Å². The third kappa shape index (κ3) is 2.66. The summed E-state index contributed by atoms with van der Waals surface area (Å²) >= 11 is 0. The summed E-state index contributed by atoms with van der Waals surface area (Å²) in [4.78, 5) is 12.2. The first kappa shape index (κ1) is 12.9. The first-order valence-corrected chi connectivity index (χ1v) is 6.51. The minimum Gasteiger partial charge on any atom is -0.497 e. The highest BCUT2D eigenvalue weighted by atomic mass is 16.5. The molecular weight excluding hydrogens is 228 g/mol. The van der Waals surface area contributed by atoms with Crippen LogP contribution in [-0.4, -0.2) is 20.0 Å². The maximum absolute atomic E-state index is 12.2. The van der Waals surface area contributed by atoms with Gasteiger partial charge in [-0.15, -0.1) is 0 Å². The van der Waals surface area contributed by atoms with Crippen molar-refractivity contribution in [3.63, 3.8) is 0 Å². The fourth-order valence-corrected chi connectivity index (χ4v) is 2.60. The maximum atomic E-state index is 12.2. The summed E-state index contributed by atoms with van der Waals surface area (Å²) < 4.78 is 10.6. The van der Waals surface area contributed by atoms with Crippen molar-refractivity contribution in [2.75, 3.05) is 14.2 Å². The Labute approximate surface area is 108 Å². The number of ether oxygens (including phenoxy) is 2. The highest BCUT2D eigenvalue weighted by Gasteiger charge is 2.25. The van der Waals surface area contributed by atoms with Gasteiger partial charge in [0.1, 0.15) is 17.3 Å².